The second kappa shape index (κ2) is 10.7. The van der Waals surface area contributed by atoms with E-state index in [9.17, 15) is 9.90 Å². The van der Waals surface area contributed by atoms with Crippen molar-refractivity contribution in [3.63, 3.8) is 0 Å². The maximum Gasteiger partial charge on any atom is 0.339 e. The van der Waals surface area contributed by atoms with Crippen LogP contribution in [-0.4, -0.2) is 37.2 Å². The highest BCUT2D eigenvalue weighted by atomic mass is 16.4. The third-order valence-corrected chi connectivity index (χ3v) is 5.61. The highest BCUT2D eigenvalue weighted by Crippen LogP contribution is 2.32. The molecule has 0 radical (unpaired) electrons. The number of fused-ring (bicyclic) bond motifs is 1. The number of aromatic hydroxyl groups is 1. The molecule has 1 saturated carbocycles. The standard InChI is InChI=1S/C13H21N3.C11H10N2O3/c1-2-6-11-9-14-13(15-10-11)16-12-7-4-3-5-8-12;1-5-8(11(15)16)10(12)9-6(13-5)3-2-4-7(9)14/h9-10,12H,2-8H2,1H3,(H,14,15,16);2-4,14H,1H3,(H2,12,13)(H,15,16). The molecule has 32 heavy (non-hydrogen) atoms. The molecule has 0 atom stereocenters. The number of aromatic nitrogens is 3. The highest BCUT2D eigenvalue weighted by molar-refractivity contribution is 6.06. The van der Waals surface area contributed by atoms with E-state index in [2.05, 4.69) is 27.2 Å². The molecule has 0 amide bonds. The maximum atomic E-state index is 11.0. The van der Waals surface area contributed by atoms with Crippen LogP contribution in [0.5, 0.6) is 5.75 Å². The van der Waals surface area contributed by atoms with Gasteiger partial charge in [0.05, 0.1) is 22.3 Å². The quantitative estimate of drug-likeness (QED) is 0.451. The van der Waals surface area contributed by atoms with Crippen LogP contribution in [0.3, 0.4) is 0 Å². The van der Waals surface area contributed by atoms with E-state index in [-0.39, 0.29) is 22.4 Å². The molecule has 5 N–H and O–H groups in total. The van der Waals surface area contributed by atoms with E-state index < -0.39 is 5.97 Å². The molecule has 8 heteroatoms. The Kier molecular flexibility index (Phi) is 7.81. The fourth-order valence-corrected chi connectivity index (χ4v) is 4.00. The third kappa shape index (κ3) is 5.63. The summed E-state index contributed by atoms with van der Waals surface area (Å²) in [5, 5.41) is 22.3. The molecule has 1 aliphatic carbocycles. The molecule has 0 saturated heterocycles. The summed E-state index contributed by atoms with van der Waals surface area (Å²) in [5.41, 5.74) is 7.78. The van der Waals surface area contributed by atoms with E-state index in [4.69, 9.17) is 10.8 Å². The Morgan fingerprint density at radius 3 is 2.50 bits per heavy atom. The number of pyridine rings is 1. The lowest BCUT2D eigenvalue weighted by Gasteiger charge is -2.22. The molecule has 1 fully saturated rings. The Labute approximate surface area is 187 Å². The minimum Gasteiger partial charge on any atom is -0.507 e. The first-order valence-electron chi connectivity index (χ1n) is 11.1. The van der Waals surface area contributed by atoms with E-state index in [1.165, 1.54) is 43.7 Å². The number of benzene rings is 1. The van der Waals surface area contributed by atoms with Gasteiger partial charge in [0.2, 0.25) is 5.95 Å². The molecule has 0 unspecified atom stereocenters. The number of hydrogen-bond acceptors (Lipinski definition) is 7. The van der Waals surface area contributed by atoms with Crippen LogP contribution in [0.1, 0.15) is 67.1 Å². The van der Waals surface area contributed by atoms with Gasteiger partial charge in [0.1, 0.15) is 11.3 Å². The number of carbonyl (C=O) groups is 1. The first-order valence-corrected chi connectivity index (χ1v) is 11.1. The molecule has 0 bridgehead atoms. The van der Waals surface area contributed by atoms with Crippen LogP contribution in [0.4, 0.5) is 11.6 Å². The smallest absolute Gasteiger partial charge is 0.339 e. The zero-order valence-corrected chi connectivity index (χ0v) is 18.6. The Bertz CT molecular complexity index is 1060. The highest BCUT2D eigenvalue weighted by Gasteiger charge is 2.18. The normalized spacial score (nSPS) is 13.9. The van der Waals surface area contributed by atoms with Gasteiger partial charge >= 0.3 is 5.97 Å². The second-order valence-corrected chi connectivity index (χ2v) is 8.11. The van der Waals surface area contributed by atoms with Gasteiger partial charge in [0, 0.05) is 18.4 Å². The Morgan fingerprint density at radius 2 is 1.88 bits per heavy atom. The lowest BCUT2D eigenvalue weighted by Crippen LogP contribution is -2.23. The van der Waals surface area contributed by atoms with Crippen molar-refractivity contribution in [2.45, 2.75) is 64.8 Å². The lowest BCUT2D eigenvalue weighted by molar-refractivity contribution is 0.0697. The fraction of sp³-hybridized carbons (Fsp3) is 0.417. The van der Waals surface area contributed by atoms with Crippen LogP contribution in [0.25, 0.3) is 10.9 Å². The van der Waals surface area contributed by atoms with Gasteiger partial charge in [-0.2, -0.15) is 0 Å². The van der Waals surface area contributed by atoms with Crippen molar-refractivity contribution in [3.05, 3.63) is 47.4 Å². The molecule has 2 heterocycles. The van der Waals surface area contributed by atoms with Crippen molar-refractivity contribution < 1.29 is 15.0 Å². The van der Waals surface area contributed by atoms with Crippen LogP contribution in [0.15, 0.2) is 30.6 Å². The summed E-state index contributed by atoms with van der Waals surface area (Å²) in [7, 11) is 0. The van der Waals surface area contributed by atoms with Gasteiger partial charge in [-0.05, 0) is 43.9 Å². The topological polar surface area (TPSA) is 134 Å². The third-order valence-electron chi connectivity index (χ3n) is 5.61. The van der Waals surface area contributed by atoms with E-state index in [1.54, 1.807) is 19.1 Å². The number of nitrogens with two attached hydrogens (primary N) is 1. The SMILES string of the molecule is CCCc1cnc(NC2CCCCC2)nc1.Cc1nc2cccc(O)c2c(N)c1C(=O)O. The molecule has 4 rings (SSSR count). The number of aryl methyl sites for hydroxylation is 2. The summed E-state index contributed by atoms with van der Waals surface area (Å²) >= 11 is 0. The largest absolute Gasteiger partial charge is 0.507 e. The number of carboxylic acids is 1. The predicted octanol–water partition coefficient (Wildman–Crippen LogP) is 4.70. The van der Waals surface area contributed by atoms with Crippen LogP contribution in [0.2, 0.25) is 0 Å². The summed E-state index contributed by atoms with van der Waals surface area (Å²) in [6, 6.07) is 5.33. The maximum absolute atomic E-state index is 11.0. The fourth-order valence-electron chi connectivity index (χ4n) is 4.00. The van der Waals surface area contributed by atoms with Gasteiger partial charge in [0.15, 0.2) is 0 Å². The average molecular weight is 438 g/mol. The van der Waals surface area contributed by atoms with Gasteiger partial charge in [-0.15, -0.1) is 0 Å². The van der Waals surface area contributed by atoms with E-state index >= 15 is 0 Å². The van der Waals surface area contributed by atoms with Crippen LogP contribution >= 0.6 is 0 Å². The summed E-state index contributed by atoms with van der Waals surface area (Å²) in [6.07, 6.45) is 12.7. The van der Waals surface area contributed by atoms with Gasteiger partial charge < -0.3 is 21.3 Å². The number of nitrogen functional groups attached to an aromatic ring is 1. The summed E-state index contributed by atoms with van der Waals surface area (Å²) in [6.45, 7) is 3.75. The molecule has 0 aliphatic heterocycles. The molecule has 3 aromatic rings. The average Bonchev–Trinajstić information content (AvgIpc) is 2.76. The number of phenols is 1. The Morgan fingerprint density at radius 1 is 1.19 bits per heavy atom. The van der Waals surface area contributed by atoms with Crippen LogP contribution in [-0.2, 0) is 6.42 Å². The van der Waals surface area contributed by atoms with Crippen LogP contribution in [0, 0.1) is 6.92 Å². The number of nitrogens with one attached hydrogen (secondary N) is 1. The lowest BCUT2D eigenvalue weighted by atomic mass is 9.96. The van der Waals surface area contributed by atoms with Crippen molar-refractivity contribution in [2.75, 3.05) is 11.1 Å². The van der Waals surface area contributed by atoms with E-state index in [0.29, 0.717) is 17.3 Å². The molecule has 1 aromatic carbocycles. The van der Waals surface area contributed by atoms with Crippen molar-refractivity contribution in [2.24, 2.45) is 0 Å². The number of aromatic carboxylic acids is 1. The number of phenolic OH excluding ortho intramolecular Hbond substituents is 1. The summed E-state index contributed by atoms with van der Waals surface area (Å²) in [4.78, 5) is 23.8. The van der Waals surface area contributed by atoms with Gasteiger partial charge in [-0.1, -0.05) is 38.7 Å². The molecule has 2 aromatic heterocycles. The molecular formula is C24H31N5O3. The van der Waals surface area contributed by atoms with Gasteiger partial charge in [-0.3, -0.25) is 4.98 Å². The first kappa shape index (κ1) is 23.2. The Balaban J connectivity index is 0.000000181. The Hall–Kier alpha value is -3.42. The van der Waals surface area contributed by atoms with Crippen molar-refractivity contribution >= 4 is 28.5 Å². The number of carboxylic acid groups (broad SMARTS) is 1. The van der Waals surface area contributed by atoms with Gasteiger partial charge in [-0.25, -0.2) is 14.8 Å². The zero-order chi connectivity index (χ0) is 23.1. The van der Waals surface area contributed by atoms with E-state index in [1.807, 2.05) is 12.4 Å². The molecular weight excluding hydrogens is 406 g/mol. The number of hydrogen-bond donors (Lipinski definition) is 4. The van der Waals surface area contributed by atoms with Gasteiger partial charge in [0.25, 0.3) is 0 Å². The molecule has 8 nitrogen and oxygen atoms in total. The zero-order valence-electron chi connectivity index (χ0n) is 18.6. The number of nitrogens with zero attached hydrogens (tertiary/aromatic N) is 3. The van der Waals surface area contributed by atoms with E-state index in [0.717, 1.165) is 18.8 Å². The minimum absolute atomic E-state index is 0.0492. The number of rotatable bonds is 5. The summed E-state index contributed by atoms with van der Waals surface area (Å²) in [5.74, 6) is -0.413. The summed E-state index contributed by atoms with van der Waals surface area (Å²) < 4.78 is 0. The molecule has 0 spiro atoms. The van der Waals surface area contributed by atoms with Crippen molar-refractivity contribution in [1.29, 1.82) is 0 Å². The second-order valence-electron chi connectivity index (χ2n) is 8.11. The molecule has 170 valence electrons. The van der Waals surface area contributed by atoms with Crippen LogP contribution < -0.4 is 11.1 Å². The minimum atomic E-state index is -1.15. The first-order chi connectivity index (χ1) is 15.4. The predicted molar refractivity (Wildman–Crippen MR) is 126 cm³/mol. The number of anilines is 2. The van der Waals surface area contributed by atoms with Crippen molar-refractivity contribution in [3.8, 4) is 5.75 Å². The van der Waals surface area contributed by atoms with Crippen molar-refractivity contribution in [1.82, 2.24) is 15.0 Å². The molecule has 1 aliphatic rings. The monoisotopic (exact) mass is 437 g/mol.